The van der Waals surface area contributed by atoms with Crippen LogP contribution in [-0.4, -0.2) is 34.3 Å². The molecule has 1 N–H and O–H groups in total. The van der Waals surface area contributed by atoms with Gasteiger partial charge in [-0.3, -0.25) is 9.59 Å². The highest BCUT2D eigenvalue weighted by Gasteiger charge is 2.57. The van der Waals surface area contributed by atoms with Crippen LogP contribution in [-0.2, 0) is 9.59 Å². The molecule has 0 aromatic heterocycles. The summed E-state index contributed by atoms with van der Waals surface area (Å²) in [7, 11) is 0. The van der Waals surface area contributed by atoms with Crippen molar-refractivity contribution in [1.82, 2.24) is 10.2 Å². The van der Waals surface area contributed by atoms with Gasteiger partial charge in [0, 0.05) is 6.54 Å². The quantitative estimate of drug-likeness (QED) is 0.866. The van der Waals surface area contributed by atoms with Crippen molar-refractivity contribution in [3.8, 4) is 0 Å². The fraction of sp³-hybridized carbons (Fsp3) is 0.882. The van der Waals surface area contributed by atoms with Crippen LogP contribution in [0.3, 0.4) is 0 Å². The standard InChI is InChI=1S/C17H30N2O2/c1-5-16(6-2)15(21)19(12-13(3)4)17(14(20)18-16)10-8-7-9-11-17/h13H,5-12H2,1-4H3,(H,18,20). The number of amides is 2. The molecule has 2 aliphatic rings. The van der Waals surface area contributed by atoms with Gasteiger partial charge in [-0.15, -0.1) is 0 Å². The van der Waals surface area contributed by atoms with E-state index in [0.717, 1.165) is 25.7 Å². The van der Waals surface area contributed by atoms with Gasteiger partial charge < -0.3 is 10.2 Å². The first kappa shape index (κ1) is 16.3. The van der Waals surface area contributed by atoms with Crippen LogP contribution in [0.15, 0.2) is 0 Å². The van der Waals surface area contributed by atoms with E-state index < -0.39 is 11.1 Å². The monoisotopic (exact) mass is 294 g/mol. The molecule has 1 saturated carbocycles. The molecule has 2 rings (SSSR count). The van der Waals surface area contributed by atoms with E-state index in [2.05, 4.69) is 19.2 Å². The van der Waals surface area contributed by atoms with Crippen molar-refractivity contribution >= 4 is 11.8 Å². The summed E-state index contributed by atoms with van der Waals surface area (Å²) < 4.78 is 0. The van der Waals surface area contributed by atoms with Crippen LogP contribution in [0.2, 0.25) is 0 Å². The Kier molecular flexibility index (Phi) is 4.64. The highest BCUT2D eigenvalue weighted by molar-refractivity contribution is 6.02. The molecule has 2 amide bonds. The molecule has 2 fully saturated rings. The van der Waals surface area contributed by atoms with Gasteiger partial charge in [-0.1, -0.05) is 47.0 Å². The highest BCUT2D eigenvalue weighted by Crippen LogP contribution is 2.40. The van der Waals surface area contributed by atoms with E-state index in [4.69, 9.17) is 0 Å². The maximum Gasteiger partial charge on any atom is 0.249 e. The average molecular weight is 294 g/mol. The van der Waals surface area contributed by atoms with Crippen molar-refractivity contribution in [2.45, 2.75) is 83.7 Å². The topological polar surface area (TPSA) is 49.4 Å². The summed E-state index contributed by atoms with van der Waals surface area (Å²) in [6.07, 6.45) is 6.23. The second-order valence-electron chi connectivity index (χ2n) is 7.15. The molecule has 0 aromatic rings. The lowest BCUT2D eigenvalue weighted by Crippen LogP contribution is -2.76. The first-order chi connectivity index (χ1) is 9.92. The lowest BCUT2D eigenvalue weighted by molar-refractivity contribution is -0.167. The van der Waals surface area contributed by atoms with Crippen LogP contribution in [0, 0.1) is 5.92 Å². The van der Waals surface area contributed by atoms with E-state index in [-0.39, 0.29) is 11.8 Å². The Balaban J connectivity index is 2.42. The summed E-state index contributed by atoms with van der Waals surface area (Å²) in [5.41, 5.74) is -1.26. The minimum atomic E-state index is -0.686. The summed E-state index contributed by atoms with van der Waals surface area (Å²) in [4.78, 5) is 28.1. The van der Waals surface area contributed by atoms with E-state index in [0.29, 0.717) is 25.3 Å². The SMILES string of the molecule is CCC1(CC)NC(=O)C2(CCCCC2)N(CC(C)C)C1=O. The summed E-state index contributed by atoms with van der Waals surface area (Å²) in [6.45, 7) is 8.92. The smallest absolute Gasteiger partial charge is 0.249 e. The van der Waals surface area contributed by atoms with Crippen molar-refractivity contribution in [2.75, 3.05) is 6.54 Å². The van der Waals surface area contributed by atoms with Crippen molar-refractivity contribution in [3.63, 3.8) is 0 Å². The predicted molar refractivity (Wildman–Crippen MR) is 83.8 cm³/mol. The highest BCUT2D eigenvalue weighted by atomic mass is 16.2. The Morgan fingerprint density at radius 1 is 1.10 bits per heavy atom. The zero-order valence-corrected chi connectivity index (χ0v) is 14.0. The molecule has 0 radical (unpaired) electrons. The molecule has 21 heavy (non-hydrogen) atoms. The van der Waals surface area contributed by atoms with E-state index in [9.17, 15) is 9.59 Å². The predicted octanol–water partition coefficient (Wildman–Crippen LogP) is 2.86. The molecule has 1 saturated heterocycles. The van der Waals surface area contributed by atoms with E-state index in [1.54, 1.807) is 0 Å². The number of nitrogens with zero attached hydrogens (tertiary/aromatic N) is 1. The van der Waals surface area contributed by atoms with Crippen LogP contribution in [0.1, 0.15) is 72.6 Å². The van der Waals surface area contributed by atoms with Gasteiger partial charge in [0.05, 0.1) is 0 Å². The number of hydrogen-bond donors (Lipinski definition) is 1. The minimum Gasteiger partial charge on any atom is -0.340 e. The molecular formula is C17H30N2O2. The van der Waals surface area contributed by atoms with E-state index >= 15 is 0 Å². The molecule has 0 aromatic carbocycles. The maximum atomic E-state index is 13.2. The third kappa shape index (κ3) is 2.58. The van der Waals surface area contributed by atoms with Crippen LogP contribution in [0.4, 0.5) is 0 Å². The van der Waals surface area contributed by atoms with Gasteiger partial charge in [-0.2, -0.15) is 0 Å². The first-order valence-electron chi connectivity index (χ1n) is 8.56. The van der Waals surface area contributed by atoms with Gasteiger partial charge in [0.2, 0.25) is 11.8 Å². The Labute approximate surface area is 128 Å². The Morgan fingerprint density at radius 3 is 2.14 bits per heavy atom. The van der Waals surface area contributed by atoms with Gasteiger partial charge >= 0.3 is 0 Å². The van der Waals surface area contributed by atoms with Crippen molar-refractivity contribution in [2.24, 2.45) is 5.92 Å². The largest absolute Gasteiger partial charge is 0.340 e. The normalized spacial score (nSPS) is 24.5. The second-order valence-corrected chi connectivity index (χ2v) is 7.15. The summed E-state index contributed by atoms with van der Waals surface area (Å²) >= 11 is 0. The summed E-state index contributed by atoms with van der Waals surface area (Å²) in [6, 6.07) is 0. The fourth-order valence-corrected chi connectivity index (χ4v) is 3.95. The molecule has 1 aliphatic carbocycles. The van der Waals surface area contributed by atoms with Gasteiger partial charge in [0.1, 0.15) is 11.1 Å². The average Bonchev–Trinajstić information content (AvgIpc) is 2.49. The Morgan fingerprint density at radius 2 is 1.67 bits per heavy atom. The summed E-state index contributed by atoms with van der Waals surface area (Å²) in [5.74, 6) is 0.610. The number of hydrogen-bond acceptors (Lipinski definition) is 2. The molecule has 4 nitrogen and oxygen atoms in total. The number of piperazine rings is 1. The molecule has 1 spiro atoms. The van der Waals surface area contributed by atoms with Gasteiger partial charge in [-0.25, -0.2) is 0 Å². The van der Waals surface area contributed by atoms with Crippen molar-refractivity contribution in [3.05, 3.63) is 0 Å². The second kappa shape index (κ2) is 5.98. The van der Waals surface area contributed by atoms with Crippen LogP contribution in [0.5, 0.6) is 0 Å². The lowest BCUT2D eigenvalue weighted by Gasteiger charge is -2.54. The Bertz CT molecular complexity index is 407. The molecule has 1 aliphatic heterocycles. The van der Waals surface area contributed by atoms with Gasteiger partial charge in [-0.05, 0) is 31.6 Å². The molecule has 4 heteroatoms. The zero-order valence-electron chi connectivity index (χ0n) is 14.0. The fourth-order valence-electron chi connectivity index (χ4n) is 3.95. The number of carbonyl (C=O) groups is 2. The summed E-state index contributed by atoms with van der Waals surface area (Å²) in [5, 5.41) is 3.11. The van der Waals surface area contributed by atoms with Crippen molar-refractivity contribution < 1.29 is 9.59 Å². The molecule has 0 atom stereocenters. The number of nitrogens with one attached hydrogen (secondary N) is 1. The zero-order chi connectivity index (χ0) is 15.7. The Hall–Kier alpha value is -1.06. The van der Waals surface area contributed by atoms with Gasteiger partial charge in [0.15, 0.2) is 0 Å². The van der Waals surface area contributed by atoms with Crippen molar-refractivity contribution in [1.29, 1.82) is 0 Å². The molecule has 0 unspecified atom stereocenters. The van der Waals surface area contributed by atoms with Crippen LogP contribution < -0.4 is 5.32 Å². The van der Waals surface area contributed by atoms with Crippen LogP contribution in [0.25, 0.3) is 0 Å². The molecule has 0 bridgehead atoms. The number of rotatable bonds is 4. The van der Waals surface area contributed by atoms with E-state index in [1.807, 2.05) is 18.7 Å². The van der Waals surface area contributed by atoms with E-state index in [1.165, 1.54) is 6.42 Å². The number of carbonyl (C=O) groups excluding carboxylic acids is 2. The van der Waals surface area contributed by atoms with Gasteiger partial charge in [0.25, 0.3) is 0 Å². The first-order valence-corrected chi connectivity index (χ1v) is 8.56. The molecular weight excluding hydrogens is 264 g/mol. The lowest BCUT2D eigenvalue weighted by atomic mass is 9.74. The third-order valence-electron chi connectivity index (χ3n) is 5.38. The minimum absolute atomic E-state index is 0.0890. The van der Waals surface area contributed by atoms with Crippen LogP contribution >= 0.6 is 0 Å². The maximum absolute atomic E-state index is 13.2. The molecule has 120 valence electrons. The third-order valence-corrected chi connectivity index (χ3v) is 5.38. The molecule has 1 heterocycles.